The van der Waals surface area contributed by atoms with Crippen molar-refractivity contribution < 1.29 is 23.8 Å². The maximum absolute atomic E-state index is 12.2. The average Bonchev–Trinajstić information content (AvgIpc) is 2.75. The minimum absolute atomic E-state index is 0.107. The van der Waals surface area contributed by atoms with Crippen molar-refractivity contribution in [2.45, 2.75) is 6.92 Å². The lowest BCUT2D eigenvalue weighted by Crippen LogP contribution is -2.21. The second-order valence-corrected chi connectivity index (χ2v) is 6.81. The van der Waals surface area contributed by atoms with Gasteiger partial charge in [0.05, 0.1) is 12.2 Å². The summed E-state index contributed by atoms with van der Waals surface area (Å²) in [5.41, 5.74) is 5.98. The van der Waals surface area contributed by atoms with Gasteiger partial charge in [-0.1, -0.05) is 11.6 Å². The largest absolute Gasteiger partial charge is 0.494 e. The molecule has 3 N–H and O–H groups in total. The minimum Gasteiger partial charge on any atom is -0.494 e. The normalized spacial score (nSPS) is 10.3. The lowest BCUT2D eigenvalue weighted by atomic mass is 10.2. The van der Waals surface area contributed by atoms with Crippen LogP contribution in [0.4, 0.5) is 5.69 Å². The number of anilines is 1. The van der Waals surface area contributed by atoms with Gasteiger partial charge in [0.2, 0.25) is 0 Å². The third-order valence-corrected chi connectivity index (χ3v) is 4.31. The summed E-state index contributed by atoms with van der Waals surface area (Å²) >= 11 is 5.86. The molecular weight excluding hydrogens is 420 g/mol. The van der Waals surface area contributed by atoms with Crippen LogP contribution < -0.4 is 25.3 Å². The number of hydrogen-bond donors (Lipinski definition) is 2. The first-order valence-corrected chi connectivity index (χ1v) is 9.85. The lowest BCUT2D eigenvalue weighted by Gasteiger charge is -2.11. The molecule has 0 fully saturated rings. The van der Waals surface area contributed by atoms with Gasteiger partial charge < -0.3 is 25.3 Å². The van der Waals surface area contributed by atoms with Crippen molar-refractivity contribution >= 4 is 29.1 Å². The highest BCUT2D eigenvalue weighted by Crippen LogP contribution is 2.25. The molecule has 3 aromatic rings. The van der Waals surface area contributed by atoms with Crippen LogP contribution in [-0.4, -0.2) is 25.0 Å². The summed E-state index contributed by atoms with van der Waals surface area (Å²) in [7, 11) is 0. The van der Waals surface area contributed by atoms with E-state index in [1.54, 1.807) is 30.3 Å². The molecule has 3 aromatic carbocycles. The third kappa shape index (κ3) is 6.38. The van der Waals surface area contributed by atoms with E-state index in [2.05, 4.69) is 5.32 Å². The molecule has 0 aliphatic carbocycles. The molecule has 8 heteroatoms. The number of ether oxygens (including phenoxy) is 3. The Morgan fingerprint density at radius 3 is 2.13 bits per heavy atom. The summed E-state index contributed by atoms with van der Waals surface area (Å²) in [4.78, 5) is 23.7. The van der Waals surface area contributed by atoms with Crippen molar-refractivity contribution in [2.75, 3.05) is 18.5 Å². The second-order valence-electron chi connectivity index (χ2n) is 6.37. The van der Waals surface area contributed by atoms with Crippen LogP contribution in [0.2, 0.25) is 5.02 Å². The Balaban J connectivity index is 1.54. The highest BCUT2D eigenvalue weighted by atomic mass is 35.5. The number of amides is 2. The van der Waals surface area contributed by atoms with Crippen LogP contribution >= 0.6 is 11.6 Å². The molecule has 0 spiro atoms. The summed E-state index contributed by atoms with van der Waals surface area (Å²) in [5, 5.41) is 3.05. The van der Waals surface area contributed by atoms with Gasteiger partial charge in [0, 0.05) is 10.7 Å². The monoisotopic (exact) mass is 440 g/mol. The number of rotatable bonds is 9. The van der Waals surface area contributed by atoms with Gasteiger partial charge in [0.25, 0.3) is 11.8 Å². The Bertz CT molecular complexity index is 1050. The van der Waals surface area contributed by atoms with Crippen molar-refractivity contribution in [2.24, 2.45) is 5.73 Å². The van der Waals surface area contributed by atoms with Gasteiger partial charge in [-0.3, -0.25) is 9.59 Å². The van der Waals surface area contributed by atoms with E-state index in [1.807, 2.05) is 31.2 Å². The molecule has 0 unspecified atom stereocenters. The lowest BCUT2D eigenvalue weighted by molar-refractivity contribution is -0.118. The highest BCUT2D eigenvalue weighted by molar-refractivity contribution is 6.31. The average molecular weight is 441 g/mol. The van der Waals surface area contributed by atoms with Crippen molar-refractivity contribution in [3.05, 3.63) is 77.3 Å². The van der Waals surface area contributed by atoms with E-state index in [4.69, 9.17) is 31.5 Å². The zero-order valence-corrected chi connectivity index (χ0v) is 17.5. The maximum Gasteiger partial charge on any atom is 0.262 e. The van der Waals surface area contributed by atoms with Gasteiger partial charge in [-0.15, -0.1) is 0 Å². The first kappa shape index (κ1) is 22.0. The number of nitrogens with one attached hydrogen (secondary N) is 1. The zero-order chi connectivity index (χ0) is 22.2. The number of carbonyl (C=O) groups excluding carboxylic acids is 2. The van der Waals surface area contributed by atoms with Crippen LogP contribution in [-0.2, 0) is 4.79 Å². The fourth-order valence-corrected chi connectivity index (χ4v) is 2.85. The molecule has 0 radical (unpaired) electrons. The summed E-state index contributed by atoms with van der Waals surface area (Å²) in [5.74, 6) is 1.15. The third-order valence-electron chi connectivity index (χ3n) is 4.07. The number of carbonyl (C=O) groups is 2. The van der Waals surface area contributed by atoms with Crippen LogP contribution in [0.15, 0.2) is 66.7 Å². The molecule has 0 heterocycles. The predicted molar refractivity (Wildman–Crippen MR) is 118 cm³/mol. The Labute approximate surface area is 184 Å². The second kappa shape index (κ2) is 10.4. The molecule has 0 saturated carbocycles. The molecule has 7 nitrogen and oxygen atoms in total. The molecule has 0 aliphatic heterocycles. The number of halogens is 1. The van der Waals surface area contributed by atoms with Gasteiger partial charge in [-0.25, -0.2) is 0 Å². The van der Waals surface area contributed by atoms with Crippen molar-refractivity contribution in [1.82, 2.24) is 0 Å². The van der Waals surface area contributed by atoms with Crippen LogP contribution in [0.3, 0.4) is 0 Å². The standard InChI is InChI=1S/C23H21ClN2O5/c1-2-29-17-8-10-19(11-9-17)31-18-6-4-16(5-7-18)26-22(27)14-30-21-12-3-15(24)13-20(21)23(25)28/h3-13H,2,14H2,1H3,(H2,25,28)(H,26,27). The van der Waals surface area contributed by atoms with E-state index in [0.717, 1.165) is 5.75 Å². The molecule has 0 bridgehead atoms. The Morgan fingerprint density at radius 2 is 1.52 bits per heavy atom. The highest BCUT2D eigenvalue weighted by Gasteiger charge is 2.12. The SMILES string of the molecule is CCOc1ccc(Oc2ccc(NC(=O)COc3ccc(Cl)cc3C(N)=O)cc2)cc1. The van der Waals surface area contributed by atoms with E-state index in [-0.39, 0.29) is 17.9 Å². The van der Waals surface area contributed by atoms with Crippen molar-refractivity contribution in [3.8, 4) is 23.0 Å². The fourth-order valence-electron chi connectivity index (χ4n) is 2.67. The topological polar surface area (TPSA) is 99.9 Å². The minimum atomic E-state index is -0.693. The van der Waals surface area contributed by atoms with E-state index in [0.29, 0.717) is 28.8 Å². The molecule has 0 aromatic heterocycles. The van der Waals surface area contributed by atoms with Crippen LogP contribution in [0, 0.1) is 0 Å². The summed E-state index contributed by atoms with van der Waals surface area (Å²) in [6.45, 7) is 2.23. The van der Waals surface area contributed by atoms with Gasteiger partial charge >= 0.3 is 0 Å². The molecule has 0 atom stereocenters. The first-order valence-electron chi connectivity index (χ1n) is 9.47. The van der Waals surface area contributed by atoms with E-state index in [1.165, 1.54) is 12.1 Å². The Hall–Kier alpha value is -3.71. The fraction of sp³-hybridized carbons (Fsp3) is 0.130. The number of primary amides is 1. The quantitative estimate of drug-likeness (QED) is 0.504. The molecular formula is C23H21ClN2O5. The van der Waals surface area contributed by atoms with Gasteiger partial charge in [0.1, 0.15) is 23.0 Å². The molecule has 0 aliphatic rings. The van der Waals surface area contributed by atoms with Crippen LogP contribution in [0.1, 0.15) is 17.3 Å². The first-order chi connectivity index (χ1) is 14.9. The molecule has 3 rings (SSSR count). The van der Waals surface area contributed by atoms with Crippen LogP contribution in [0.5, 0.6) is 23.0 Å². The van der Waals surface area contributed by atoms with E-state index in [9.17, 15) is 9.59 Å². The van der Waals surface area contributed by atoms with Gasteiger partial charge in [-0.2, -0.15) is 0 Å². The predicted octanol–water partition coefficient (Wildman–Crippen LogP) is 4.65. The number of benzene rings is 3. The summed E-state index contributed by atoms with van der Waals surface area (Å²) in [6.07, 6.45) is 0. The van der Waals surface area contributed by atoms with E-state index < -0.39 is 11.8 Å². The Morgan fingerprint density at radius 1 is 0.903 bits per heavy atom. The summed E-state index contributed by atoms with van der Waals surface area (Å²) < 4.78 is 16.6. The Kier molecular flexibility index (Phi) is 7.35. The molecule has 0 saturated heterocycles. The number of nitrogens with two attached hydrogens (primary N) is 1. The molecule has 160 valence electrons. The van der Waals surface area contributed by atoms with Gasteiger partial charge in [-0.05, 0) is 73.7 Å². The zero-order valence-electron chi connectivity index (χ0n) is 16.8. The molecule has 31 heavy (non-hydrogen) atoms. The maximum atomic E-state index is 12.2. The van der Waals surface area contributed by atoms with Crippen molar-refractivity contribution in [1.29, 1.82) is 0 Å². The van der Waals surface area contributed by atoms with Gasteiger partial charge in [0.15, 0.2) is 6.61 Å². The smallest absolute Gasteiger partial charge is 0.262 e. The van der Waals surface area contributed by atoms with Crippen molar-refractivity contribution in [3.63, 3.8) is 0 Å². The summed E-state index contributed by atoms with van der Waals surface area (Å²) in [6, 6.07) is 18.6. The number of hydrogen-bond acceptors (Lipinski definition) is 5. The molecule has 2 amide bonds. The van der Waals surface area contributed by atoms with Crippen LogP contribution in [0.25, 0.3) is 0 Å². The van der Waals surface area contributed by atoms with E-state index >= 15 is 0 Å².